The van der Waals surface area contributed by atoms with Crippen LogP contribution >= 0.6 is 0 Å². The van der Waals surface area contributed by atoms with Gasteiger partial charge < -0.3 is 20.3 Å². The Hall–Kier alpha value is -2.18. The van der Waals surface area contributed by atoms with E-state index in [2.05, 4.69) is 55.6 Å². The van der Waals surface area contributed by atoms with E-state index >= 15 is 0 Å². The second kappa shape index (κ2) is 73.3. The van der Waals surface area contributed by atoms with Gasteiger partial charge in [-0.3, -0.25) is 9.59 Å². The molecule has 0 aromatic carbocycles. The molecule has 1 amide bonds. The van der Waals surface area contributed by atoms with E-state index in [0.29, 0.717) is 19.4 Å². The molecule has 494 valence electrons. The van der Waals surface area contributed by atoms with Gasteiger partial charge in [0.05, 0.1) is 25.4 Å². The summed E-state index contributed by atoms with van der Waals surface area (Å²) >= 11 is 0. The lowest BCUT2D eigenvalue weighted by Crippen LogP contribution is -2.45. The fourth-order valence-corrected chi connectivity index (χ4v) is 11.8. The van der Waals surface area contributed by atoms with E-state index in [0.717, 1.165) is 51.4 Å². The third kappa shape index (κ3) is 68.9. The average molecular weight is 1180 g/mol. The maximum atomic E-state index is 12.5. The maximum absolute atomic E-state index is 12.5. The Balaban J connectivity index is 3.42. The Labute approximate surface area is 525 Å². The number of carbonyl (C=O) groups excluding carboxylic acids is 2. The number of nitrogens with one attached hydrogen (secondary N) is 1. The molecule has 6 nitrogen and oxygen atoms in total. The highest BCUT2D eigenvalue weighted by molar-refractivity contribution is 5.76. The lowest BCUT2D eigenvalue weighted by molar-refractivity contribution is -0.143. The fourth-order valence-electron chi connectivity index (χ4n) is 11.8. The summed E-state index contributed by atoms with van der Waals surface area (Å²) in [7, 11) is 0. The number of carbonyl (C=O) groups is 2. The minimum absolute atomic E-state index is 0.00574. The van der Waals surface area contributed by atoms with Gasteiger partial charge in [0.15, 0.2) is 0 Å². The number of unbranched alkanes of at least 4 members (excludes halogenated alkanes) is 54. The number of aliphatic hydroxyl groups excluding tert-OH is 2. The second-order valence-electron chi connectivity index (χ2n) is 26.0. The van der Waals surface area contributed by atoms with Crippen molar-refractivity contribution in [2.24, 2.45) is 0 Å². The van der Waals surface area contributed by atoms with Crippen molar-refractivity contribution in [1.82, 2.24) is 5.32 Å². The minimum Gasteiger partial charge on any atom is -0.466 e. The molecule has 0 heterocycles. The molecule has 0 aromatic heterocycles. The molecule has 0 aliphatic rings. The molecule has 84 heavy (non-hydrogen) atoms. The Morgan fingerprint density at radius 2 is 0.595 bits per heavy atom. The van der Waals surface area contributed by atoms with Crippen LogP contribution in [-0.2, 0) is 14.3 Å². The van der Waals surface area contributed by atoms with E-state index in [1.54, 1.807) is 6.08 Å². The Morgan fingerprint density at radius 1 is 0.333 bits per heavy atom. The van der Waals surface area contributed by atoms with Gasteiger partial charge >= 0.3 is 5.97 Å². The first-order valence-corrected chi connectivity index (χ1v) is 37.9. The first kappa shape index (κ1) is 81.8. The number of aliphatic hydroxyl groups is 2. The molecule has 2 unspecified atom stereocenters. The summed E-state index contributed by atoms with van der Waals surface area (Å²) in [6.45, 7) is 4.91. The number of ether oxygens (including phenoxy) is 1. The molecule has 3 N–H and O–H groups in total. The molecule has 2 atom stereocenters. The van der Waals surface area contributed by atoms with Crippen LogP contribution < -0.4 is 5.32 Å². The summed E-state index contributed by atoms with van der Waals surface area (Å²) < 4.78 is 5.50. The van der Waals surface area contributed by atoms with Crippen molar-refractivity contribution < 1.29 is 24.5 Å². The van der Waals surface area contributed by atoms with Crippen LogP contribution in [0.3, 0.4) is 0 Å². The highest BCUT2D eigenvalue weighted by atomic mass is 16.5. The van der Waals surface area contributed by atoms with Gasteiger partial charge in [-0.1, -0.05) is 358 Å². The lowest BCUT2D eigenvalue weighted by atomic mass is 10.0. The van der Waals surface area contributed by atoms with Crippen LogP contribution in [0.2, 0.25) is 0 Å². The standard InChI is InChI=1S/C78H147NO5/c1-3-5-7-9-11-13-15-17-19-21-22-23-24-26-29-32-35-39-42-46-50-54-58-62-66-70-76(81)75(74-80)79-77(82)71-67-63-59-55-51-47-43-40-36-33-30-27-25-28-31-34-37-41-45-49-53-57-61-65-69-73-84-78(83)72-68-64-60-56-52-48-44-38-20-18-16-14-12-10-8-6-4-2/h12,14,18,20,27,30,66,70,75-76,80-81H,3-11,13,15-17,19,21-26,28-29,31-65,67-69,71-74H2,1-2H3,(H,79,82)/b14-12-,20-18-,30-27-,70-66+. The van der Waals surface area contributed by atoms with Crippen molar-refractivity contribution >= 4 is 11.9 Å². The van der Waals surface area contributed by atoms with Crippen molar-refractivity contribution in [2.75, 3.05) is 13.2 Å². The van der Waals surface area contributed by atoms with E-state index in [1.165, 1.54) is 334 Å². The minimum atomic E-state index is -0.849. The monoisotopic (exact) mass is 1180 g/mol. The third-order valence-electron chi connectivity index (χ3n) is 17.6. The summed E-state index contributed by atoms with van der Waals surface area (Å²) in [6.07, 6.45) is 96.3. The number of esters is 1. The second-order valence-corrected chi connectivity index (χ2v) is 26.0. The molecule has 6 heteroatoms. The molecular weight excluding hydrogens is 1030 g/mol. The van der Waals surface area contributed by atoms with E-state index in [9.17, 15) is 19.8 Å². The largest absolute Gasteiger partial charge is 0.466 e. The van der Waals surface area contributed by atoms with Gasteiger partial charge in [-0.25, -0.2) is 0 Å². The third-order valence-corrected chi connectivity index (χ3v) is 17.6. The van der Waals surface area contributed by atoms with E-state index < -0.39 is 12.1 Å². The van der Waals surface area contributed by atoms with Crippen LogP contribution in [0.1, 0.15) is 412 Å². The molecule has 0 fully saturated rings. The molecule has 0 spiro atoms. The van der Waals surface area contributed by atoms with Crippen LogP contribution in [0.4, 0.5) is 0 Å². The molecule has 0 rings (SSSR count). The predicted octanol–water partition coefficient (Wildman–Crippen LogP) is 24.8. The predicted molar refractivity (Wildman–Crippen MR) is 370 cm³/mol. The first-order chi connectivity index (χ1) is 41.5. The highest BCUT2D eigenvalue weighted by Gasteiger charge is 2.18. The quantitative estimate of drug-likeness (QED) is 0.0320. The Kier molecular flexibility index (Phi) is 71.4. The van der Waals surface area contributed by atoms with Crippen molar-refractivity contribution in [2.45, 2.75) is 424 Å². The lowest BCUT2D eigenvalue weighted by Gasteiger charge is -2.20. The van der Waals surface area contributed by atoms with E-state index in [-0.39, 0.29) is 18.5 Å². The number of hydrogen-bond acceptors (Lipinski definition) is 5. The SMILES string of the molecule is CCCCC/C=C\C/C=C\CCCCCCCCCC(=O)OCCCCCCCCCCCCCC/C=C\CCCCCCCCCCCC(=O)NC(CO)C(O)/C=C/CCCCCCCCCCCCCCCCCCCCCCCCC. The van der Waals surface area contributed by atoms with Crippen LogP contribution in [0, 0.1) is 0 Å². The van der Waals surface area contributed by atoms with Gasteiger partial charge in [-0.05, 0) is 89.9 Å². The summed E-state index contributed by atoms with van der Waals surface area (Å²) in [5.41, 5.74) is 0. The number of hydrogen-bond donors (Lipinski definition) is 3. The summed E-state index contributed by atoms with van der Waals surface area (Å²) in [4.78, 5) is 24.6. The highest BCUT2D eigenvalue weighted by Crippen LogP contribution is 2.19. The zero-order chi connectivity index (χ0) is 60.6. The first-order valence-electron chi connectivity index (χ1n) is 37.9. The van der Waals surface area contributed by atoms with Gasteiger partial charge in [-0.15, -0.1) is 0 Å². The summed E-state index contributed by atoms with van der Waals surface area (Å²) in [5.74, 6) is -0.0613. The van der Waals surface area contributed by atoms with Crippen molar-refractivity contribution in [1.29, 1.82) is 0 Å². The van der Waals surface area contributed by atoms with Gasteiger partial charge in [-0.2, -0.15) is 0 Å². The van der Waals surface area contributed by atoms with Crippen LogP contribution in [-0.4, -0.2) is 47.4 Å². The molecular formula is C78H147NO5. The van der Waals surface area contributed by atoms with E-state index in [4.69, 9.17) is 4.74 Å². The molecule has 0 aliphatic carbocycles. The van der Waals surface area contributed by atoms with Crippen molar-refractivity contribution in [3.05, 3.63) is 48.6 Å². The maximum Gasteiger partial charge on any atom is 0.305 e. The Bertz CT molecular complexity index is 1400. The van der Waals surface area contributed by atoms with Crippen molar-refractivity contribution in [3.8, 4) is 0 Å². The summed E-state index contributed by atoms with van der Waals surface area (Å²) in [6, 6.07) is -0.633. The normalized spacial score (nSPS) is 12.8. The number of amides is 1. The molecule has 0 saturated heterocycles. The number of allylic oxidation sites excluding steroid dienone is 7. The molecule has 0 radical (unpaired) electrons. The zero-order valence-electron chi connectivity index (χ0n) is 56.6. The topological polar surface area (TPSA) is 95.9 Å². The number of rotatable bonds is 71. The smallest absolute Gasteiger partial charge is 0.305 e. The van der Waals surface area contributed by atoms with Gasteiger partial charge in [0.2, 0.25) is 5.91 Å². The van der Waals surface area contributed by atoms with Gasteiger partial charge in [0.1, 0.15) is 0 Å². The van der Waals surface area contributed by atoms with Gasteiger partial charge in [0.25, 0.3) is 0 Å². The summed E-state index contributed by atoms with van der Waals surface area (Å²) in [5, 5.41) is 23.3. The molecule has 0 saturated carbocycles. The average Bonchev–Trinajstić information content (AvgIpc) is 3.51. The molecule has 0 aliphatic heterocycles. The van der Waals surface area contributed by atoms with Crippen molar-refractivity contribution in [3.63, 3.8) is 0 Å². The Morgan fingerprint density at radius 3 is 0.940 bits per heavy atom. The molecule has 0 bridgehead atoms. The van der Waals surface area contributed by atoms with Crippen LogP contribution in [0.5, 0.6) is 0 Å². The molecule has 0 aromatic rings. The van der Waals surface area contributed by atoms with Crippen LogP contribution in [0.25, 0.3) is 0 Å². The van der Waals surface area contributed by atoms with E-state index in [1.807, 2.05) is 6.08 Å². The van der Waals surface area contributed by atoms with Crippen LogP contribution in [0.15, 0.2) is 48.6 Å². The zero-order valence-corrected chi connectivity index (χ0v) is 56.6. The van der Waals surface area contributed by atoms with Gasteiger partial charge in [0, 0.05) is 12.8 Å². The fraction of sp³-hybridized carbons (Fsp3) is 0.872.